The van der Waals surface area contributed by atoms with Crippen LogP contribution in [0.15, 0.2) is 0 Å². The van der Waals surface area contributed by atoms with Gasteiger partial charge in [0.15, 0.2) is 0 Å². The van der Waals surface area contributed by atoms with Crippen molar-refractivity contribution < 1.29 is 0 Å². The molecule has 0 heterocycles. The van der Waals surface area contributed by atoms with Gasteiger partial charge >= 0.3 is 0 Å². The van der Waals surface area contributed by atoms with E-state index in [1.165, 1.54) is 12.8 Å². The normalized spacial score (nSPS) is 34.3. The predicted molar refractivity (Wildman–Crippen MR) is 44.7 cm³/mol. The van der Waals surface area contributed by atoms with E-state index in [-0.39, 0.29) is 6.04 Å². The molecule has 0 bridgehead atoms. The standard InChI is InChI=1S/C9H16N2/c1-7-3-2-4-8(5-7)9(11)6-10/h7-9H,2-5,11H2,1H3. The van der Waals surface area contributed by atoms with Gasteiger partial charge in [0.1, 0.15) is 0 Å². The lowest BCUT2D eigenvalue weighted by Gasteiger charge is -2.27. The molecule has 2 heteroatoms. The molecule has 0 aromatic rings. The highest BCUT2D eigenvalue weighted by atomic mass is 14.7. The van der Waals surface area contributed by atoms with Crippen molar-refractivity contribution in [2.24, 2.45) is 17.6 Å². The summed E-state index contributed by atoms with van der Waals surface area (Å²) in [5.41, 5.74) is 5.65. The molecule has 1 saturated carbocycles. The Hall–Kier alpha value is -0.550. The zero-order valence-corrected chi connectivity index (χ0v) is 7.09. The van der Waals surface area contributed by atoms with Crippen molar-refractivity contribution in [1.82, 2.24) is 0 Å². The second-order valence-electron chi connectivity index (χ2n) is 3.69. The van der Waals surface area contributed by atoms with Crippen molar-refractivity contribution in [3.8, 4) is 6.07 Å². The average Bonchev–Trinajstić information content (AvgIpc) is 2.03. The summed E-state index contributed by atoms with van der Waals surface area (Å²) >= 11 is 0. The van der Waals surface area contributed by atoms with E-state index in [0.29, 0.717) is 5.92 Å². The fourth-order valence-electron chi connectivity index (χ4n) is 1.91. The highest BCUT2D eigenvalue weighted by molar-refractivity contribution is 4.93. The Balaban J connectivity index is 2.40. The minimum absolute atomic E-state index is 0.224. The van der Waals surface area contributed by atoms with Crippen LogP contribution in [0.25, 0.3) is 0 Å². The highest BCUT2D eigenvalue weighted by Crippen LogP contribution is 2.29. The lowest BCUT2D eigenvalue weighted by Crippen LogP contribution is -2.31. The zero-order chi connectivity index (χ0) is 8.27. The first kappa shape index (κ1) is 8.55. The molecule has 11 heavy (non-hydrogen) atoms. The van der Waals surface area contributed by atoms with Crippen LogP contribution in [-0.2, 0) is 0 Å². The van der Waals surface area contributed by atoms with Crippen molar-refractivity contribution in [1.29, 1.82) is 5.26 Å². The number of hydrogen-bond donors (Lipinski definition) is 1. The van der Waals surface area contributed by atoms with Gasteiger partial charge in [0.05, 0.1) is 12.1 Å². The molecule has 2 nitrogen and oxygen atoms in total. The van der Waals surface area contributed by atoms with Crippen molar-refractivity contribution in [3.05, 3.63) is 0 Å². The van der Waals surface area contributed by atoms with Crippen LogP contribution in [0.3, 0.4) is 0 Å². The SMILES string of the molecule is CC1CCCC(C(N)C#N)C1. The Morgan fingerprint density at radius 3 is 2.82 bits per heavy atom. The smallest absolute Gasteiger partial charge is 0.0956 e. The van der Waals surface area contributed by atoms with Crippen LogP contribution in [0, 0.1) is 23.2 Å². The van der Waals surface area contributed by atoms with Crippen molar-refractivity contribution in [3.63, 3.8) is 0 Å². The van der Waals surface area contributed by atoms with Gasteiger partial charge in [-0.1, -0.05) is 19.8 Å². The quantitative estimate of drug-likeness (QED) is 0.621. The van der Waals surface area contributed by atoms with Crippen LogP contribution in [-0.4, -0.2) is 6.04 Å². The molecule has 0 radical (unpaired) electrons. The molecule has 3 atom stereocenters. The van der Waals surface area contributed by atoms with Gasteiger partial charge in [-0.2, -0.15) is 5.26 Å². The van der Waals surface area contributed by atoms with E-state index in [1.807, 2.05) is 0 Å². The van der Waals surface area contributed by atoms with Crippen LogP contribution in [0.1, 0.15) is 32.6 Å². The summed E-state index contributed by atoms with van der Waals surface area (Å²) in [6.07, 6.45) is 4.86. The van der Waals surface area contributed by atoms with Crippen LogP contribution in [0.4, 0.5) is 0 Å². The molecular formula is C9H16N2. The molecule has 0 aromatic heterocycles. The van der Waals surface area contributed by atoms with E-state index in [1.54, 1.807) is 0 Å². The van der Waals surface area contributed by atoms with Crippen molar-refractivity contribution in [2.45, 2.75) is 38.6 Å². The maximum atomic E-state index is 8.60. The van der Waals surface area contributed by atoms with Gasteiger partial charge in [-0.3, -0.25) is 0 Å². The fraction of sp³-hybridized carbons (Fsp3) is 0.889. The average molecular weight is 152 g/mol. The first-order valence-electron chi connectivity index (χ1n) is 4.39. The molecule has 2 N–H and O–H groups in total. The van der Waals surface area contributed by atoms with Crippen LogP contribution >= 0.6 is 0 Å². The second kappa shape index (κ2) is 3.73. The van der Waals surface area contributed by atoms with Crippen LogP contribution < -0.4 is 5.73 Å². The Kier molecular flexibility index (Phi) is 2.90. The summed E-state index contributed by atoms with van der Waals surface area (Å²) in [6, 6.07) is 1.91. The van der Waals surface area contributed by atoms with Crippen molar-refractivity contribution >= 4 is 0 Å². The van der Waals surface area contributed by atoms with Crippen molar-refractivity contribution in [2.75, 3.05) is 0 Å². The topological polar surface area (TPSA) is 49.8 Å². The lowest BCUT2D eigenvalue weighted by molar-refractivity contribution is 0.267. The Morgan fingerprint density at radius 1 is 1.55 bits per heavy atom. The number of hydrogen-bond acceptors (Lipinski definition) is 2. The molecule has 0 aliphatic heterocycles. The third kappa shape index (κ3) is 2.20. The molecule has 1 rings (SSSR count). The third-order valence-corrected chi connectivity index (χ3v) is 2.63. The van der Waals surface area contributed by atoms with Crippen LogP contribution in [0.2, 0.25) is 0 Å². The molecule has 0 aromatic carbocycles. The predicted octanol–water partition coefficient (Wildman–Crippen LogP) is 1.66. The molecular weight excluding hydrogens is 136 g/mol. The van der Waals surface area contributed by atoms with Gasteiger partial charge in [-0.15, -0.1) is 0 Å². The molecule has 3 unspecified atom stereocenters. The molecule has 1 fully saturated rings. The van der Waals surface area contributed by atoms with E-state index in [0.717, 1.165) is 18.8 Å². The second-order valence-corrected chi connectivity index (χ2v) is 3.69. The first-order chi connectivity index (χ1) is 5.24. The van der Waals surface area contributed by atoms with Gasteiger partial charge in [0, 0.05) is 0 Å². The summed E-state index contributed by atoms with van der Waals surface area (Å²) in [7, 11) is 0. The molecule has 1 aliphatic rings. The summed E-state index contributed by atoms with van der Waals surface area (Å²) in [5.74, 6) is 1.23. The maximum Gasteiger partial charge on any atom is 0.0956 e. The summed E-state index contributed by atoms with van der Waals surface area (Å²) in [6.45, 7) is 2.25. The minimum Gasteiger partial charge on any atom is -0.316 e. The number of nitriles is 1. The molecule has 62 valence electrons. The monoisotopic (exact) mass is 152 g/mol. The zero-order valence-electron chi connectivity index (χ0n) is 7.09. The number of rotatable bonds is 1. The summed E-state index contributed by atoms with van der Waals surface area (Å²) in [5, 5.41) is 8.60. The molecule has 1 aliphatic carbocycles. The number of nitrogens with two attached hydrogens (primary N) is 1. The van der Waals surface area contributed by atoms with E-state index >= 15 is 0 Å². The Bertz CT molecular complexity index is 159. The highest BCUT2D eigenvalue weighted by Gasteiger charge is 2.23. The number of nitrogens with zero attached hydrogens (tertiary/aromatic N) is 1. The third-order valence-electron chi connectivity index (χ3n) is 2.63. The minimum atomic E-state index is -0.224. The first-order valence-corrected chi connectivity index (χ1v) is 4.39. The fourth-order valence-corrected chi connectivity index (χ4v) is 1.91. The lowest BCUT2D eigenvalue weighted by atomic mass is 9.79. The maximum absolute atomic E-state index is 8.60. The van der Waals surface area contributed by atoms with Gasteiger partial charge in [-0.05, 0) is 24.7 Å². The summed E-state index contributed by atoms with van der Waals surface area (Å²) in [4.78, 5) is 0. The van der Waals surface area contributed by atoms with E-state index in [9.17, 15) is 0 Å². The van der Waals surface area contributed by atoms with E-state index in [2.05, 4.69) is 13.0 Å². The summed E-state index contributed by atoms with van der Waals surface area (Å²) < 4.78 is 0. The van der Waals surface area contributed by atoms with Gasteiger partial charge in [0.2, 0.25) is 0 Å². The van der Waals surface area contributed by atoms with Gasteiger partial charge in [0.25, 0.3) is 0 Å². The van der Waals surface area contributed by atoms with E-state index in [4.69, 9.17) is 11.0 Å². The Labute approximate surface area is 68.4 Å². The van der Waals surface area contributed by atoms with Gasteiger partial charge < -0.3 is 5.73 Å². The van der Waals surface area contributed by atoms with E-state index < -0.39 is 0 Å². The molecule has 0 saturated heterocycles. The largest absolute Gasteiger partial charge is 0.316 e. The van der Waals surface area contributed by atoms with Gasteiger partial charge in [-0.25, -0.2) is 0 Å². The Morgan fingerprint density at radius 2 is 2.27 bits per heavy atom. The molecule has 0 amide bonds. The van der Waals surface area contributed by atoms with Crippen LogP contribution in [0.5, 0.6) is 0 Å². The molecule has 0 spiro atoms.